The summed E-state index contributed by atoms with van der Waals surface area (Å²) in [7, 11) is 0. The number of ether oxygens (including phenoxy) is 1. The molecule has 0 amide bonds. The summed E-state index contributed by atoms with van der Waals surface area (Å²) < 4.78 is 5.32. The van der Waals surface area contributed by atoms with E-state index < -0.39 is 0 Å². The van der Waals surface area contributed by atoms with E-state index in [2.05, 4.69) is 12.1 Å². The maximum absolute atomic E-state index is 12.1. The number of fused-ring (bicyclic) bond motifs is 1. The van der Waals surface area contributed by atoms with Crippen LogP contribution in [0, 0.1) is 5.92 Å². The number of hydrogen-bond donors (Lipinski definition) is 0. The van der Waals surface area contributed by atoms with E-state index in [1.807, 2.05) is 18.2 Å². The van der Waals surface area contributed by atoms with Crippen molar-refractivity contribution < 1.29 is 9.53 Å². The van der Waals surface area contributed by atoms with Gasteiger partial charge in [0.15, 0.2) is 0 Å². The van der Waals surface area contributed by atoms with Crippen molar-refractivity contribution in [1.82, 2.24) is 0 Å². The minimum Gasteiger partial charge on any atom is -0.465 e. The monoisotopic (exact) mass is 216 g/mol. The van der Waals surface area contributed by atoms with Crippen molar-refractivity contribution in [2.45, 2.75) is 31.1 Å². The first-order valence-corrected chi connectivity index (χ1v) is 6.07. The molecule has 0 N–H and O–H groups in total. The molecule has 16 heavy (non-hydrogen) atoms. The van der Waals surface area contributed by atoms with Crippen LogP contribution in [-0.2, 0) is 14.9 Å². The van der Waals surface area contributed by atoms with Crippen LogP contribution in [0.1, 0.15) is 31.2 Å². The number of benzene rings is 1. The van der Waals surface area contributed by atoms with Crippen LogP contribution in [0.2, 0.25) is 0 Å². The SMILES string of the molecule is O=C1OC[C@@H]2CCCCC12c1ccccc1. The van der Waals surface area contributed by atoms with Crippen molar-refractivity contribution in [1.29, 1.82) is 0 Å². The number of rotatable bonds is 1. The van der Waals surface area contributed by atoms with E-state index in [0.717, 1.165) is 24.8 Å². The van der Waals surface area contributed by atoms with Crippen LogP contribution in [0.25, 0.3) is 0 Å². The first kappa shape index (κ1) is 9.88. The summed E-state index contributed by atoms with van der Waals surface area (Å²) in [5, 5.41) is 0. The molecule has 1 saturated heterocycles. The molecule has 0 spiro atoms. The first-order chi connectivity index (χ1) is 7.84. The van der Waals surface area contributed by atoms with Gasteiger partial charge in [-0.2, -0.15) is 0 Å². The Morgan fingerprint density at radius 1 is 1.19 bits per heavy atom. The van der Waals surface area contributed by atoms with Crippen LogP contribution in [0.5, 0.6) is 0 Å². The van der Waals surface area contributed by atoms with Gasteiger partial charge in [-0.15, -0.1) is 0 Å². The third-order valence-electron chi connectivity index (χ3n) is 4.14. The van der Waals surface area contributed by atoms with Crippen molar-refractivity contribution in [2.75, 3.05) is 6.61 Å². The van der Waals surface area contributed by atoms with Crippen molar-refractivity contribution in [3.63, 3.8) is 0 Å². The van der Waals surface area contributed by atoms with Crippen LogP contribution in [0.4, 0.5) is 0 Å². The van der Waals surface area contributed by atoms with Gasteiger partial charge in [0.05, 0.1) is 12.0 Å². The number of carbonyl (C=O) groups is 1. The smallest absolute Gasteiger partial charge is 0.316 e. The van der Waals surface area contributed by atoms with Crippen molar-refractivity contribution in [3.8, 4) is 0 Å². The highest BCUT2D eigenvalue weighted by atomic mass is 16.5. The second-order valence-electron chi connectivity index (χ2n) is 4.88. The highest BCUT2D eigenvalue weighted by Crippen LogP contribution is 2.48. The quantitative estimate of drug-likeness (QED) is 0.675. The van der Waals surface area contributed by atoms with Crippen molar-refractivity contribution >= 4 is 5.97 Å². The van der Waals surface area contributed by atoms with E-state index in [-0.39, 0.29) is 11.4 Å². The minimum atomic E-state index is -0.320. The van der Waals surface area contributed by atoms with Crippen LogP contribution < -0.4 is 0 Å². The van der Waals surface area contributed by atoms with Gasteiger partial charge >= 0.3 is 5.97 Å². The van der Waals surface area contributed by atoms with Crippen LogP contribution in [-0.4, -0.2) is 12.6 Å². The Morgan fingerprint density at radius 2 is 2.00 bits per heavy atom. The second-order valence-corrected chi connectivity index (χ2v) is 4.88. The molecule has 1 heterocycles. The van der Waals surface area contributed by atoms with Gasteiger partial charge in [-0.05, 0) is 18.4 Å². The van der Waals surface area contributed by atoms with Crippen molar-refractivity contribution in [3.05, 3.63) is 35.9 Å². The Bertz CT molecular complexity index is 398. The molecular weight excluding hydrogens is 200 g/mol. The Kier molecular flexibility index (Phi) is 2.23. The van der Waals surface area contributed by atoms with E-state index in [1.165, 1.54) is 6.42 Å². The molecule has 1 saturated carbocycles. The molecule has 0 radical (unpaired) electrons. The van der Waals surface area contributed by atoms with Crippen LogP contribution >= 0.6 is 0 Å². The fourth-order valence-electron chi connectivity index (χ4n) is 3.28. The zero-order valence-corrected chi connectivity index (χ0v) is 9.32. The zero-order valence-electron chi connectivity index (χ0n) is 9.32. The molecule has 2 heteroatoms. The van der Waals surface area contributed by atoms with E-state index >= 15 is 0 Å². The summed E-state index contributed by atoms with van der Waals surface area (Å²) >= 11 is 0. The Hall–Kier alpha value is -1.31. The Balaban J connectivity index is 2.09. The second kappa shape index (κ2) is 3.62. The molecule has 1 aromatic carbocycles. The predicted octanol–water partition coefficient (Wildman–Crippen LogP) is 2.67. The van der Waals surface area contributed by atoms with Gasteiger partial charge in [-0.25, -0.2) is 0 Å². The number of carbonyl (C=O) groups excluding carboxylic acids is 1. The molecule has 2 fully saturated rings. The fraction of sp³-hybridized carbons (Fsp3) is 0.500. The van der Waals surface area contributed by atoms with E-state index in [4.69, 9.17) is 4.74 Å². The summed E-state index contributed by atoms with van der Waals surface area (Å²) in [5.74, 6) is 0.402. The predicted molar refractivity (Wildman–Crippen MR) is 61.0 cm³/mol. The summed E-state index contributed by atoms with van der Waals surface area (Å²) in [5.41, 5.74) is 0.835. The standard InChI is InChI=1S/C14H16O2/c15-13-14(11-6-2-1-3-7-11)9-5-4-8-12(14)10-16-13/h1-3,6-7,12H,4-5,8-10H2/t12-,14?/m0/s1. The maximum atomic E-state index is 12.1. The Morgan fingerprint density at radius 3 is 2.81 bits per heavy atom. The molecule has 1 aliphatic heterocycles. The Labute approximate surface area is 95.6 Å². The third kappa shape index (κ3) is 1.22. The molecule has 1 unspecified atom stereocenters. The van der Waals surface area contributed by atoms with Crippen LogP contribution in [0.3, 0.4) is 0 Å². The lowest BCUT2D eigenvalue weighted by atomic mass is 9.64. The van der Waals surface area contributed by atoms with Gasteiger partial charge in [0, 0.05) is 5.92 Å². The average molecular weight is 216 g/mol. The zero-order chi connectivity index (χ0) is 11.0. The molecule has 1 aromatic rings. The maximum Gasteiger partial charge on any atom is 0.316 e. The molecule has 2 atom stereocenters. The highest BCUT2D eigenvalue weighted by Gasteiger charge is 2.54. The summed E-state index contributed by atoms with van der Waals surface area (Å²) in [6.07, 6.45) is 4.46. The molecule has 2 aliphatic rings. The topological polar surface area (TPSA) is 26.3 Å². The number of cyclic esters (lactones) is 1. The number of esters is 1. The lowest BCUT2D eigenvalue weighted by Crippen LogP contribution is -2.40. The summed E-state index contributed by atoms with van der Waals surface area (Å²) in [4.78, 5) is 12.1. The average Bonchev–Trinajstić information content (AvgIpc) is 2.70. The molecule has 84 valence electrons. The minimum absolute atomic E-state index is 0.00315. The molecule has 3 rings (SSSR count). The molecule has 2 nitrogen and oxygen atoms in total. The molecular formula is C14H16O2. The summed E-state index contributed by atoms with van der Waals surface area (Å²) in [6, 6.07) is 10.2. The summed E-state index contributed by atoms with van der Waals surface area (Å²) in [6.45, 7) is 0.619. The van der Waals surface area contributed by atoms with E-state index in [9.17, 15) is 4.79 Å². The molecule has 0 aromatic heterocycles. The highest BCUT2D eigenvalue weighted by molar-refractivity contribution is 5.85. The van der Waals surface area contributed by atoms with Crippen molar-refractivity contribution in [2.24, 2.45) is 5.92 Å². The van der Waals surface area contributed by atoms with Gasteiger partial charge in [0.25, 0.3) is 0 Å². The fourth-order valence-corrected chi connectivity index (χ4v) is 3.28. The van der Waals surface area contributed by atoms with Crippen LogP contribution in [0.15, 0.2) is 30.3 Å². The first-order valence-electron chi connectivity index (χ1n) is 6.07. The van der Waals surface area contributed by atoms with Gasteiger partial charge in [-0.3, -0.25) is 4.79 Å². The van der Waals surface area contributed by atoms with Gasteiger partial charge in [0.2, 0.25) is 0 Å². The van der Waals surface area contributed by atoms with E-state index in [0.29, 0.717) is 12.5 Å². The normalized spacial score (nSPS) is 33.2. The molecule has 0 bridgehead atoms. The van der Waals surface area contributed by atoms with Gasteiger partial charge < -0.3 is 4.74 Å². The lowest BCUT2D eigenvalue weighted by Gasteiger charge is -2.35. The lowest BCUT2D eigenvalue weighted by molar-refractivity contribution is -0.143. The third-order valence-corrected chi connectivity index (χ3v) is 4.14. The van der Waals surface area contributed by atoms with Gasteiger partial charge in [-0.1, -0.05) is 43.2 Å². The number of hydrogen-bond acceptors (Lipinski definition) is 2. The van der Waals surface area contributed by atoms with Gasteiger partial charge in [0.1, 0.15) is 0 Å². The van der Waals surface area contributed by atoms with E-state index in [1.54, 1.807) is 0 Å². The molecule has 1 aliphatic carbocycles. The largest absolute Gasteiger partial charge is 0.465 e.